The van der Waals surface area contributed by atoms with Gasteiger partial charge in [0, 0.05) is 31.6 Å². The molecule has 2 aromatic carbocycles. The summed E-state index contributed by atoms with van der Waals surface area (Å²) in [6.07, 6.45) is 1.62. The molecule has 0 bridgehead atoms. The number of nitrogens with zero attached hydrogens (tertiary/aromatic N) is 1. The van der Waals surface area contributed by atoms with E-state index in [2.05, 4.69) is 5.32 Å². The maximum Gasteiger partial charge on any atom is 0.287 e. The number of hydrogen-bond donors (Lipinski definition) is 1. The smallest absolute Gasteiger partial charge is 0.287 e. The Morgan fingerprint density at radius 3 is 2.48 bits per heavy atom. The predicted molar refractivity (Wildman–Crippen MR) is 103 cm³/mol. The normalized spacial score (nSPS) is 11.7. The molecule has 3 aromatic rings. The highest BCUT2D eigenvalue weighted by atomic mass is 19.1. The summed E-state index contributed by atoms with van der Waals surface area (Å²) < 4.78 is 32.2. The fraction of sp³-hybridized carbons (Fsp3) is 0.182. The highest BCUT2D eigenvalue weighted by Gasteiger charge is 2.26. The van der Waals surface area contributed by atoms with Gasteiger partial charge in [0.1, 0.15) is 17.7 Å². The largest absolute Gasteiger partial charge is 0.459 e. The second kappa shape index (κ2) is 9.14. The molecule has 2 amide bonds. The van der Waals surface area contributed by atoms with Gasteiger partial charge >= 0.3 is 0 Å². The molecule has 1 heterocycles. The fourth-order valence-electron chi connectivity index (χ4n) is 2.94. The number of hydrogen-bond acceptors (Lipinski definition) is 3. The van der Waals surface area contributed by atoms with Crippen molar-refractivity contribution in [3.63, 3.8) is 0 Å². The van der Waals surface area contributed by atoms with E-state index in [0.29, 0.717) is 0 Å². The molecule has 0 saturated carbocycles. The van der Waals surface area contributed by atoms with Crippen molar-refractivity contribution in [3.05, 3.63) is 95.4 Å². The van der Waals surface area contributed by atoms with E-state index in [1.165, 1.54) is 30.3 Å². The Labute approximate surface area is 166 Å². The Hall–Kier alpha value is -3.48. The molecule has 3 rings (SSSR count). The van der Waals surface area contributed by atoms with Gasteiger partial charge in [-0.25, -0.2) is 8.78 Å². The minimum atomic E-state index is -0.886. The average molecular weight is 398 g/mol. The lowest BCUT2D eigenvalue weighted by molar-refractivity contribution is -0.132. The number of nitrogens with one attached hydrogen (secondary N) is 1. The highest BCUT2D eigenvalue weighted by molar-refractivity contribution is 5.95. The van der Waals surface area contributed by atoms with Gasteiger partial charge in [-0.05, 0) is 23.8 Å². The zero-order valence-corrected chi connectivity index (χ0v) is 15.8. The first kappa shape index (κ1) is 20.3. The minimum absolute atomic E-state index is 0.0626. The molecule has 0 spiro atoms. The summed E-state index contributed by atoms with van der Waals surface area (Å²) in [5, 5.41) is 2.68. The van der Waals surface area contributed by atoms with Gasteiger partial charge in [0.15, 0.2) is 5.76 Å². The van der Waals surface area contributed by atoms with Crippen LogP contribution in [0.15, 0.2) is 71.3 Å². The zero-order chi connectivity index (χ0) is 20.8. The van der Waals surface area contributed by atoms with E-state index in [4.69, 9.17) is 4.42 Å². The topological polar surface area (TPSA) is 62.6 Å². The maximum atomic E-state index is 14.0. The van der Waals surface area contributed by atoms with Crippen LogP contribution in [-0.2, 0) is 17.8 Å². The molecule has 150 valence electrons. The predicted octanol–water partition coefficient (Wildman–Crippen LogP) is 3.56. The molecule has 0 radical (unpaired) electrons. The third-order valence-corrected chi connectivity index (χ3v) is 4.43. The third-order valence-electron chi connectivity index (χ3n) is 4.43. The van der Waals surface area contributed by atoms with Crippen LogP contribution >= 0.6 is 0 Å². The molecule has 1 aromatic heterocycles. The number of carbonyl (C=O) groups is 2. The summed E-state index contributed by atoms with van der Waals surface area (Å²) >= 11 is 0. The molecule has 1 atom stereocenters. The number of benzene rings is 2. The molecule has 5 nitrogen and oxygen atoms in total. The van der Waals surface area contributed by atoms with Crippen molar-refractivity contribution in [1.29, 1.82) is 0 Å². The van der Waals surface area contributed by atoms with Crippen LogP contribution in [0.2, 0.25) is 0 Å². The number of amides is 2. The van der Waals surface area contributed by atoms with Gasteiger partial charge < -0.3 is 14.6 Å². The summed E-state index contributed by atoms with van der Waals surface area (Å²) in [6, 6.07) is 14.6. The number of rotatable bonds is 7. The van der Waals surface area contributed by atoms with E-state index in [9.17, 15) is 18.4 Å². The fourth-order valence-corrected chi connectivity index (χ4v) is 2.94. The molecule has 7 heteroatoms. The Morgan fingerprint density at radius 2 is 1.83 bits per heavy atom. The summed E-state index contributed by atoms with van der Waals surface area (Å²) in [5.41, 5.74) is 1.03. The summed E-state index contributed by atoms with van der Waals surface area (Å²) in [6.45, 7) is -0.0626. The van der Waals surface area contributed by atoms with Crippen molar-refractivity contribution in [3.8, 4) is 0 Å². The van der Waals surface area contributed by atoms with Crippen molar-refractivity contribution < 1.29 is 22.8 Å². The quantitative estimate of drug-likeness (QED) is 0.662. The molecule has 0 fully saturated rings. The monoisotopic (exact) mass is 398 g/mol. The van der Waals surface area contributed by atoms with Crippen LogP contribution in [0.4, 0.5) is 8.78 Å². The third kappa shape index (κ3) is 5.28. The molecular formula is C22H20F2N2O3. The average Bonchev–Trinajstić information content (AvgIpc) is 3.25. The SMILES string of the molecule is CN(Cc1ccc(F)cc1F)C(=O)C(Cc1ccccc1)NC(=O)c1ccco1. The van der Waals surface area contributed by atoms with Gasteiger partial charge in [-0.1, -0.05) is 36.4 Å². The lowest BCUT2D eigenvalue weighted by Crippen LogP contribution is -2.48. The molecular weight excluding hydrogens is 378 g/mol. The van der Waals surface area contributed by atoms with Gasteiger partial charge in [-0.3, -0.25) is 9.59 Å². The number of likely N-dealkylation sites (N-methyl/N-ethyl adjacent to an activating group) is 1. The van der Waals surface area contributed by atoms with Gasteiger partial charge in [-0.2, -0.15) is 0 Å². The first-order valence-electron chi connectivity index (χ1n) is 9.01. The standard InChI is InChI=1S/C22H20F2N2O3/c1-26(14-16-9-10-17(23)13-18(16)24)22(28)19(12-15-6-3-2-4-7-15)25-21(27)20-8-5-11-29-20/h2-11,13,19H,12,14H2,1H3,(H,25,27). The number of halogens is 2. The van der Waals surface area contributed by atoms with Crippen LogP contribution in [0.25, 0.3) is 0 Å². The van der Waals surface area contributed by atoms with Crippen LogP contribution in [0, 0.1) is 11.6 Å². The van der Waals surface area contributed by atoms with Crippen molar-refractivity contribution in [1.82, 2.24) is 10.2 Å². The van der Waals surface area contributed by atoms with Crippen LogP contribution < -0.4 is 5.32 Å². The van der Waals surface area contributed by atoms with E-state index >= 15 is 0 Å². The van der Waals surface area contributed by atoms with Crippen molar-refractivity contribution in [2.45, 2.75) is 19.0 Å². The molecule has 0 aliphatic heterocycles. The summed E-state index contributed by atoms with van der Waals surface area (Å²) in [5.74, 6) is -2.26. The Balaban J connectivity index is 1.77. The second-order valence-electron chi connectivity index (χ2n) is 6.62. The molecule has 0 aliphatic rings. The van der Waals surface area contributed by atoms with E-state index in [0.717, 1.165) is 17.7 Å². The zero-order valence-electron chi connectivity index (χ0n) is 15.8. The molecule has 29 heavy (non-hydrogen) atoms. The second-order valence-corrected chi connectivity index (χ2v) is 6.62. The molecule has 0 aliphatic carbocycles. The van der Waals surface area contributed by atoms with Gasteiger partial charge in [-0.15, -0.1) is 0 Å². The lowest BCUT2D eigenvalue weighted by atomic mass is 10.0. The van der Waals surface area contributed by atoms with Gasteiger partial charge in [0.05, 0.1) is 6.26 Å². The van der Waals surface area contributed by atoms with Crippen molar-refractivity contribution in [2.75, 3.05) is 7.05 Å². The number of carbonyl (C=O) groups excluding carboxylic acids is 2. The van der Waals surface area contributed by atoms with Crippen LogP contribution in [0.1, 0.15) is 21.7 Å². The first-order chi connectivity index (χ1) is 13.9. The Bertz CT molecular complexity index is 975. The van der Waals surface area contributed by atoms with Gasteiger partial charge in [0.25, 0.3) is 5.91 Å². The van der Waals surface area contributed by atoms with E-state index in [-0.39, 0.29) is 24.3 Å². The Kier molecular flexibility index (Phi) is 6.39. The minimum Gasteiger partial charge on any atom is -0.459 e. The number of furan rings is 1. The van der Waals surface area contributed by atoms with Gasteiger partial charge in [0.2, 0.25) is 5.91 Å². The van der Waals surface area contributed by atoms with E-state index in [1.807, 2.05) is 30.3 Å². The maximum absolute atomic E-state index is 14.0. The van der Waals surface area contributed by atoms with Crippen LogP contribution in [-0.4, -0.2) is 29.8 Å². The molecule has 1 unspecified atom stereocenters. The Morgan fingerprint density at radius 1 is 1.07 bits per heavy atom. The highest BCUT2D eigenvalue weighted by Crippen LogP contribution is 2.14. The first-order valence-corrected chi connectivity index (χ1v) is 9.01. The van der Waals surface area contributed by atoms with Crippen molar-refractivity contribution >= 4 is 11.8 Å². The molecule has 1 N–H and O–H groups in total. The molecule has 0 saturated heterocycles. The van der Waals surface area contributed by atoms with E-state index in [1.54, 1.807) is 6.07 Å². The summed E-state index contributed by atoms with van der Waals surface area (Å²) in [4.78, 5) is 26.7. The van der Waals surface area contributed by atoms with Crippen LogP contribution in [0.3, 0.4) is 0 Å². The van der Waals surface area contributed by atoms with E-state index < -0.39 is 29.5 Å². The van der Waals surface area contributed by atoms with Crippen LogP contribution in [0.5, 0.6) is 0 Å². The summed E-state index contributed by atoms with van der Waals surface area (Å²) in [7, 11) is 1.50. The van der Waals surface area contributed by atoms with Crippen molar-refractivity contribution in [2.24, 2.45) is 0 Å². The lowest BCUT2D eigenvalue weighted by Gasteiger charge is -2.25.